The average molecular weight is 257 g/mol. The van der Waals surface area contributed by atoms with E-state index in [4.69, 9.17) is 9.84 Å². The van der Waals surface area contributed by atoms with Crippen LogP contribution in [-0.4, -0.2) is 16.7 Å². The van der Waals surface area contributed by atoms with E-state index in [1.807, 2.05) is 12.1 Å². The summed E-state index contributed by atoms with van der Waals surface area (Å²) in [5.41, 5.74) is -0.165. The Bertz CT molecular complexity index is 402. The van der Waals surface area contributed by atoms with Gasteiger partial charge in [0, 0.05) is 10.9 Å². The number of aliphatic carboxylic acids is 1. The Balaban J connectivity index is 2.39. The van der Waals surface area contributed by atoms with E-state index in [2.05, 4.69) is 15.9 Å². The van der Waals surface area contributed by atoms with E-state index in [1.165, 1.54) is 0 Å². The van der Waals surface area contributed by atoms with Crippen LogP contribution in [0.1, 0.15) is 12.5 Å². The molecular weight excluding hydrogens is 248 g/mol. The smallest absolute Gasteiger partial charge is 0.348 e. The molecule has 0 bridgehead atoms. The fraction of sp³-hybridized carbons (Fsp3) is 0.300. The summed E-state index contributed by atoms with van der Waals surface area (Å²) in [5, 5.41) is 8.98. The maximum Gasteiger partial charge on any atom is 0.348 e. The molecule has 2 rings (SSSR count). The molecule has 14 heavy (non-hydrogen) atoms. The summed E-state index contributed by atoms with van der Waals surface area (Å²) < 4.78 is 6.30. The molecule has 1 aliphatic heterocycles. The summed E-state index contributed by atoms with van der Waals surface area (Å²) in [6.45, 7) is 1.59. The van der Waals surface area contributed by atoms with Crippen LogP contribution in [-0.2, 0) is 11.2 Å². The molecule has 1 aromatic rings. The third-order valence-corrected chi connectivity index (χ3v) is 2.84. The van der Waals surface area contributed by atoms with Crippen molar-refractivity contribution in [2.24, 2.45) is 0 Å². The highest BCUT2D eigenvalue weighted by atomic mass is 79.9. The third-order valence-electron chi connectivity index (χ3n) is 2.34. The quantitative estimate of drug-likeness (QED) is 0.839. The molecule has 74 valence electrons. The number of ether oxygens (including phenoxy) is 1. The predicted molar refractivity (Wildman–Crippen MR) is 54.5 cm³/mol. The fourth-order valence-electron chi connectivity index (χ4n) is 1.53. The normalized spacial score (nSPS) is 24.1. The second-order valence-electron chi connectivity index (χ2n) is 3.57. The van der Waals surface area contributed by atoms with Crippen molar-refractivity contribution in [2.45, 2.75) is 18.9 Å². The van der Waals surface area contributed by atoms with Crippen LogP contribution in [0.5, 0.6) is 5.75 Å². The molecule has 0 aliphatic carbocycles. The van der Waals surface area contributed by atoms with Crippen molar-refractivity contribution in [2.75, 3.05) is 0 Å². The van der Waals surface area contributed by atoms with Crippen LogP contribution >= 0.6 is 15.9 Å². The fourth-order valence-corrected chi connectivity index (χ4v) is 1.87. The summed E-state index contributed by atoms with van der Waals surface area (Å²) in [6.07, 6.45) is 0.422. The topological polar surface area (TPSA) is 46.5 Å². The Morgan fingerprint density at radius 2 is 2.36 bits per heavy atom. The zero-order chi connectivity index (χ0) is 10.3. The molecule has 1 aromatic carbocycles. The Kier molecular flexibility index (Phi) is 2.03. The molecule has 0 spiro atoms. The number of fused-ring (bicyclic) bond motifs is 1. The Labute approximate surface area is 89.8 Å². The van der Waals surface area contributed by atoms with Crippen molar-refractivity contribution in [1.29, 1.82) is 0 Å². The Morgan fingerprint density at radius 3 is 3.00 bits per heavy atom. The highest BCUT2D eigenvalue weighted by molar-refractivity contribution is 9.10. The third kappa shape index (κ3) is 1.39. The lowest BCUT2D eigenvalue weighted by Gasteiger charge is -2.17. The molecule has 0 amide bonds. The highest BCUT2D eigenvalue weighted by Gasteiger charge is 2.41. The lowest BCUT2D eigenvalue weighted by Crippen LogP contribution is -2.39. The van der Waals surface area contributed by atoms with E-state index in [-0.39, 0.29) is 0 Å². The summed E-state index contributed by atoms with van der Waals surface area (Å²) in [7, 11) is 0. The van der Waals surface area contributed by atoms with Gasteiger partial charge in [-0.2, -0.15) is 0 Å². The van der Waals surface area contributed by atoms with Gasteiger partial charge in [-0.05, 0) is 24.6 Å². The molecule has 0 saturated heterocycles. The van der Waals surface area contributed by atoms with Gasteiger partial charge in [0.25, 0.3) is 0 Å². The van der Waals surface area contributed by atoms with Crippen molar-refractivity contribution in [3.8, 4) is 5.75 Å². The molecule has 4 heteroatoms. The number of carboxylic acids is 1. The molecule has 1 atom stereocenters. The number of halogens is 1. The summed E-state index contributed by atoms with van der Waals surface area (Å²) in [5.74, 6) is -0.269. The van der Waals surface area contributed by atoms with Gasteiger partial charge in [0.05, 0.1) is 0 Å². The summed E-state index contributed by atoms with van der Waals surface area (Å²) in [4.78, 5) is 10.9. The number of hydrogen-bond donors (Lipinski definition) is 1. The van der Waals surface area contributed by atoms with E-state index in [9.17, 15) is 4.79 Å². The van der Waals surface area contributed by atoms with E-state index in [0.717, 1.165) is 10.0 Å². The Morgan fingerprint density at radius 1 is 1.64 bits per heavy atom. The van der Waals surface area contributed by atoms with E-state index in [1.54, 1.807) is 13.0 Å². The molecule has 1 heterocycles. The molecule has 3 nitrogen and oxygen atoms in total. The van der Waals surface area contributed by atoms with Crippen LogP contribution in [0.3, 0.4) is 0 Å². The van der Waals surface area contributed by atoms with Gasteiger partial charge in [-0.3, -0.25) is 0 Å². The summed E-state index contributed by atoms with van der Waals surface area (Å²) in [6, 6.07) is 5.56. The van der Waals surface area contributed by atoms with Gasteiger partial charge in [0.1, 0.15) is 5.75 Å². The maximum absolute atomic E-state index is 10.9. The molecule has 0 saturated carbocycles. The zero-order valence-corrected chi connectivity index (χ0v) is 9.17. The van der Waals surface area contributed by atoms with Crippen molar-refractivity contribution >= 4 is 21.9 Å². The van der Waals surface area contributed by atoms with Gasteiger partial charge in [0.15, 0.2) is 0 Å². The van der Waals surface area contributed by atoms with Crippen LogP contribution in [0, 0.1) is 0 Å². The minimum atomic E-state index is -1.11. The van der Waals surface area contributed by atoms with Gasteiger partial charge in [0.2, 0.25) is 5.60 Å². The SMILES string of the molecule is CC1(C(=O)O)Cc2ccc(Br)cc2O1. The number of hydrogen-bond acceptors (Lipinski definition) is 2. The molecule has 1 aliphatic rings. The molecule has 0 fully saturated rings. The standard InChI is InChI=1S/C10H9BrO3/c1-10(9(12)13)5-6-2-3-7(11)4-8(6)14-10/h2-4H,5H2,1H3,(H,12,13). The number of rotatable bonds is 1. The Hall–Kier alpha value is -1.03. The van der Waals surface area contributed by atoms with Crippen LogP contribution in [0.2, 0.25) is 0 Å². The molecule has 0 aromatic heterocycles. The minimum absolute atomic E-state index is 0.422. The van der Waals surface area contributed by atoms with Crippen molar-refractivity contribution in [3.63, 3.8) is 0 Å². The van der Waals surface area contributed by atoms with Crippen LogP contribution < -0.4 is 4.74 Å². The van der Waals surface area contributed by atoms with Crippen molar-refractivity contribution in [1.82, 2.24) is 0 Å². The second kappa shape index (κ2) is 2.98. The van der Waals surface area contributed by atoms with Gasteiger partial charge in [-0.25, -0.2) is 4.79 Å². The molecule has 1 N–H and O–H groups in total. The molecule has 0 radical (unpaired) electrons. The first-order valence-corrected chi connectivity index (χ1v) is 5.01. The largest absolute Gasteiger partial charge is 0.478 e. The molecule has 1 unspecified atom stereocenters. The second-order valence-corrected chi connectivity index (χ2v) is 4.48. The molecular formula is C10H9BrO3. The minimum Gasteiger partial charge on any atom is -0.478 e. The lowest BCUT2D eigenvalue weighted by atomic mass is 10.00. The number of carboxylic acid groups (broad SMARTS) is 1. The highest BCUT2D eigenvalue weighted by Crippen LogP contribution is 2.36. The average Bonchev–Trinajstić information content (AvgIpc) is 2.42. The summed E-state index contributed by atoms with van der Waals surface area (Å²) >= 11 is 3.31. The van der Waals surface area contributed by atoms with Gasteiger partial charge >= 0.3 is 5.97 Å². The van der Waals surface area contributed by atoms with E-state index >= 15 is 0 Å². The number of carbonyl (C=O) groups is 1. The first-order valence-electron chi connectivity index (χ1n) is 4.22. The van der Waals surface area contributed by atoms with Crippen molar-refractivity contribution < 1.29 is 14.6 Å². The van der Waals surface area contributed by atoms with E-state index < -0.39 is 11.6 Å². The van der Waals surface area contributed by atoms with Gasteiger partial charge in [-0.1, -0.05) is 22.0 Å². The van der Waals surface area contributed by atoms with Gasteiger partial charge in [-0.15, -0.1) is 0 Å². The first-order chi connectivity index (χ1) is 6.51. The van der Waals surface area contributed by atoms with E-state index in [0.29, 0.717) is 12.2 Å². The number of benzene rings is 1. The van der Waals surface area contributed by atoms with Gasteiger partial charge < -0.3 is 9.84 Å². The van der Waals surface area contributed by atoms with Crippen LogP contribution in [0.15, 0.2) is 22.7 Å². The van der Waals surface area contributed by atoms with Crippen LogP contribution in [0.4, 0.5) is 0 Å². The van der Waals surface area contributed by atoms with Crippen molar-refractivity contribution in [3.05, 3.63) is 28.2 Å². The van der Waals surface area contributed by atoms with Crippen LogP contribution in [0.25, 0.3) is 0 Å². The zero-order valence-electron chi connectivity index (χ0n) is 7.58. The first kappa shape index (κ1) is 9.52. The predicted octanol–water partition coefficient (Wildman–Crippen LogP) is 2.23. The maximum atomic E-state index is 10.9. The lowest BCUT2D eigenvalue weighted by molar-refractivity contribution is -0.152. The monoisotopic (exact) mass is 256 g/mol.